The quantitative estimate of drug-likeness (QED) is 0.325. The van der Waals surface area contributed by atoms with E-state index in [1.807, 2.05) is 6.07 Å². The monoisotopic (exact) mass is 264 g/mol. The molecule has 1 aromatic heterocycles. The second-order valence-electron chi connectivity index (χ2n) is 4.75. The van der Waals surface area contributed by atoms with Crippen LogP contribution in [-0.2, 0) is 0 Å². The second-order valence-corrected chi connectivity index (χ2v) is 4.75. The zero-order valence-corrected chi connectivity index (χ0v) is 10.9. The maximum atomic E-state index is 9.12. The summed E-state index contributed by atoms with van der Waals surface area (Å²) in [7, 11) is 0. The van der Waals surface area contributed by atoms with E-state index in [1.165, 1.54) is 6.42 Å². The number of aliphatic hydroxyl groups is 1. The first kappa shape index (κ1) is 13.6. The Hall–Kier alpha value is -1.82. The normalized spacial score (nSPS) is 20.6. The van der Waals surface area contributed by atoms with Gasteiger partial charge in [-0.3, -0.25) is 0 Å². The van der Waals surface area contributed by atoms with Crippen LogP contribution in [-0.4, -0.2) is 40.3 Å². The van der Waals surface area contributed by atoms with Crippen molar-refractivity contribution in [3.63, 3.8) is 0 Å². The number of nitrogens with two attached hydrogens (primary N) is 1. The van der Waals surface area contributed by atoms with Gasteiger partial charge in [-0.25, -0.2) is 4.98 Å². The Morgan fingerprint density at radius 3 is 2.95 bits per heavy atom. The van der Waals surface area contributed by atoms with Gasteiger partial charge in [-0.05, 0) is 37.8 Å². The summed E-state index contributed by atoms with van der Waals surface area (Å²) in [5.74, 6) is 0.942. The lowest BCUT2D eigenvalue weighted by Crippen LogP contribution is -2.40. The third kappa shape index (κ3) is 3.14. The van der Waals surface area contributed by atoms with Crippen LogP contribution in [0.4, 0.5) is 5.82 Å². The molecule has 1 aliphatic heterocycles. The van der Waals surface area contributed by atoms with E-state index >= 15 is 0 Å². The van der Waals surface area contributed by atoms with Crippen LogP contribution >= 0.6 is 0 Å². The van der Waals surface area contributed by atoms with E-state index in [2.05, 4.69) is 15.0 Å². The van der Waals surface area contributed by atoms with Crippen LogP contribution in [0.3, 0.4) is 0 Å². The van der Waals surface area contributed by atoms with Crippen LogP contribution in [0.1, 0.15) is 31.2 Å². The number of aliphatic hydroxyl groups excluding tert-OH is 1. The molecule has 0 saturated carbocycles. The molecule has 4 N–H and O–H groups in total. The van der Waals surface area contributed by atoms with Gasteiger partial charge >= 0.3 is 0 Å². The summed E-state index contributed by atoms with van der Waals surface area (Å²) in [6.45, 7) is 1.16. The minimum absolute atomic E-state index is 0.0598. The van der Waals surface area contributed by atoms with Crippen LogP contribution in [0.25, 0.3) is 0 Å². The van der Waals surface area contributed by atoms with Crippen molar-refractivity contribution in [2.75, 3.05) is 18.1 Å². The molecule has 0 radical (unpaired) electrons. The van der Waals surface area contributed by atoms with Crippen LogP contribution in [0.2, 0.25) is 0 Å². The molecule has 6 heteroatoms. The summed E-state index contributed by atoms with van der Waals surface area (Å²) in [6.07, 6.45) is 5.80. The first-order valence-electron chi connectivity index (χ1n) is 6.57. The summed E-state index contributed by atoms with van der Waals surface area (Å²) < 4.78 is 0. The first-order chi connectivity index (χ1) is 9.26. The Morgan fingerprint density at radius 1 is 1.47 bits per heavy atom. The summed E-state index contributed by atoms with van der Waals surface area (Å²) in [6, 6.07) is 4.02. The number of anilines is 1. The lowest BCUT2D eigenvalue weighted by Gasteiger charge is -2.36. The zero-order chi connectivity index (χ0) is 13.7. The molecule has 0 bridgehead atoms. The van der Waals surface area contributed by atoms with Gasteiger partial charge in [0.2, 0.25) is 0 Å². The van der Waals surface area contributed by atoms with Crippen molar-refractivity contribution >= 4 is 11.7 Å². The average Bonchev–Trinajstić information content (AvgIpc) is 2.47. The number of nitrogens with zero attached hydrogens (tertiary/aromatic N) is 3. The number of rotatable bonds is 4. The van der Waals surface area contributed by atoms with Gasteiger partial charge in [-0.15, -0.1) is 0 Å². The highest BCUT2D eigenvalue weighted by Crippen LogP contribution is 2.24. The second kappa shape index (κ2) is 6.38. The van der Waals surface area contributed by atoms with Crippen molar-refractivity contribution in [2.45, 2.75) is 31.7 Å². The van der Waals surface area contributed by atoms with Crippen molar-refractivity contribution in [1.29, 1.82) is 0 Å². The van der Waals surface area contributed by atoms with E-state index in [4.69, 9.17) is 16.0 Å². The van der Waals surface area contributed by atoms with Crippen molar-refractivity contribution < 1.29 is 10.3 Å². The van der Waals surface area contributed by atoms with Gasteiger partial charge in [0.15, 0.2) is 5.84 Å². The Bertz CT molecular complexity index is 431. The van der Waals surface area contributed by atoms with Crippen LogP contribution in [0.5, 0.6) is 0 Å². The molecule has 1 aromatic rings. The molecule has 0 aromatic carbocycles. The van der Waals surface area contributed by atoms with Gasteiger partial charge < -0.3 is 20.9 Å². The molecular formula is C13H20N4O2. The molecule has 1 atom stereocenters. The topological polar surface area (TPSA) is 95.0 Å². The lowest BCUT2D eigenvalue weighted by atomic mass is 9.99. The molecule has 2 rings (SSSR count). The van der Waals surface area contributed by atoms with E-state index < -0.39 is 0 Å². The maximum absolute atomic E-state index is 9.12. The third-order valence-corrected chi connectivity index (χ3v) is 3.54. The molecule has 0 amide bonds. The number of pyridine rings is 1. The predicted octanol–water partition coefficient (Wildman–Crippen LogP) is 0.917. The Morgan fingerprint density at radius 2 is 2.32 bits per heavy atom. The molecule has 0 spiro atoms. The van der Waals surface area contributed by atoms with E-state index in [1.54, 1.807) is 12.3 Å². The molecule has 2 heterocycles. The van der Waals surface area contributed by atoms with E-state index in [-0.39, 0.29) is 12.4 Å². The lowest BCUT2D eigenvalue weighted by molar-refractivity contribution is 0.262. The minimum Gasteiger partial charge on any atom is -0.409 e. The van der Waals surface area contributed by atoms with Gasteiger partial charge in [0, 0.05) is 31.0 Å². The highest BCUT2D eigenvalue weighted by atomic mass is 16.4. The van der Waals surface area contributed by atoms with Gasteiger partial charge in [0.25, 0.3) is 0 Å². The van der Waals surface area contributed by atoms with Crippen LogP contribution in [0, 0.1) is 0 Å². The largest absolute Gasteiger partial charge is 0.409 e. The molecule has 1 unspecified atom stereocenters. The van der Waals surface area contributed by atoms with Crippen molar-refractivity contribution in [3.05, 3.63) is 23.9 Å². The molecular weight excluding hydrogens is 244 g/mol. The Kier molecular flexibility index (Phi) is 4.57. The van der Waals surface area contributed by atoms with Crippen LogP contribution in [0.15, 0.2) is 23.5 Å². The SMILES string of the molecule is N/C(=N\O)c1ccc(N2CCCCC2CCO)nc1. The third-order valence-electron chi connectivity index (χ3n) is 3.54. The highest BCUT2D eigenvalue weighted by molar-refractivity contribution is 5.96. The molecule has 1 aliphatic rings. The molecule has 1 saturated heterocycles. The van der Waals surface area contributed by atoms with Crippen molar-refractivity contribution in [1.82, 2.24) is 4.98 Å². The molecule has 1 fully saturated rings. The fourth-order valence-corrected chi connectivity index (χ4v) is 2.52. The van der Waals surface area contributed by atoms with Crippen molar-refractivity contribution in [2.24, 2.45) is 10.9 Å². The number of hydrogen-bond acceptors (Lipinski definition) is 5. The van der Waals surface area contributed by atoms with Gasteiger partial charge in [-0.2, -0.15) is 0 Å². The molecule has 0 aliphatic carbocycles. The fourth-order valence-electron chi connectivity index (χ4n) is 2.52. The molecule has 6 nitrogen and oxygen atoms in total. The summed E-state index contributed by atoms with van der Waals surface area (Å²) in [4.78, 5) is 6.61. The number of amidine groups is 1. The summed E-state index contributed by atoms with van der Waals surface area (Å²) >= 11 is 0. The van der Waals surface area contributed by atoms with E-state index in [9.17, 15) is 0 Å². The fraction of sp³-hybridized carbons (Fsp3) is 0.538. The zero-order valence-electron chi connectivity index (χ0n) is 10.9. The van der Waals surface area contributed by atoms with Gasteiger partial charge in [0.05, 0.1) is 0 Å². The Balaban J connectivity index is 2.15. The van der Waals surface area contributed by atoms with Crippen LogP contribution < -0.4 is 10.6 Å². The standard InChI is InChI=1S/C13H20N4O2/c14-13(16-19)10-4-5-12(15-9-10)17-7-2-1-3-11(17)6-8-18/h4-5,9,11,18-19H,1-3,6-8H2,(H2,14,16). The summed E-state index contributed by atoms with van der Waals surface area (Å²) in [5.41, 5.74) is 6.11. The molecule has 104 valence electrons. The van der Waals surface area contributed by atoms with Gasteiger partial charge in [-0.1, -0.05) is 5.16 Å². The van der Waals surface area contributed by atoms with E-state index in [0.717, 1.165) is 31.6 Å². The van der Waals surface area contributed by atoms with Crippen molar-refractivity contribution in [3.8, 4) is 0 Å². The minimum atomic E-state index is 0.0598. The number of aromatic nitrogens is 1. The predicted molar refractivity (Wildman–Crippen MR) is 73.4 cm³/mol. The average molecular weight is 264 g/mol. The van der Waals surface area contributed by atoms with E-state index in [0.29, 0.717) is 11.6 Å². The molecule has 19 heavy (non-hydrogen) atoms. The highest BCUT2D eigenvalue weighted by Gasteiger charge is 2.22. The number of oxime groups is 1. The smallest absolute Gasteiger partial charge is 0.171 e. The number of hydrogen-bond donors (Lipinski definition) is 3. The van der Waals surface area contributed by atoms with Gasteiger partial charge in [0.1, 0.15) is 5.82 Å². The Labute approximate surface area is 112 Å². The number of piperidine rings is 1. The summed E-state index contributed by atoms with van der Waals surface area (Å²) in [5, 5.41) is 20.7. The first-order valence-corrected chi connectivity index (χ1v) is 6.57. The maximum Gasteiger partial charge on any atom is 0.171 e.